The van der Waals surface area contributed by atoms with Gasteiger partial charge in [-0.3, -0.25) is 19.2 Å². The summed E-state index contributed by atoms with van der Waals surface area (Å²) in [5.41, 5.74) is 5.58. The molecule has 5 unspecified atom stereocenters. The molecule has 1 saturated heterocycles. The molecule has 0 aromatic rings. The average Bonchev–Trinajstić information content (AvgIpc) is 3.17. The number of hydrogen-bond donors (Lipinski definition) is 5. The first-order chi connectivity index (χ1) is 14.4. The lowest BCUT2D eigenvalue weighted by Crippen LogP contribution is -2.58. The van der Waals surface area contributed by atoms with Gasteiger partial charge in [0.15, 0.2) is 0 Å². The summed E-state index contributed by atoms with van der Waals surface area (Å²) in [7, 11) is 0. The van der Waals surface area contributed by atoms with Crippen molar-refractivity contribution in [3.05, 3.63) is 0 Å². The third kappa shape index (κ3) is 7.20. The van der Waals surface area contributed by atoms with Crippen molar-refractivity contribution in [2.75, 3.05) is 6.54 Å². The number of carbonyl (C=O) groups is 5. The maximum atomic E-state index is 13.1. The van der Waals surface area contributed by atoms with Crippen LogP contribution in [0.4, 0.5) is 0 Å². The number of carbonyl (C=O) groups excluding carboxylic acids is 3. The number of carboxylic acids is 2. The largest absolute Gasteiger partial charge is 0.481 e. The van der Waals surface area contributed by atoms with Gasteiger partial charge in [-0.1, -0.05) is 34.1 Å². The number of rotatable bonds is 11. The Morgan fingerprint density at radius 3 is 2.16 bits per heavy atom. The van der Waals surface area contributed by atoms with Crippen molar-refractivity contribution in [3.8, 4) is 0 Å². The second-order valence-corrected chi connectivity index (χ2v) is 8.33. The fourth-order valence-electron chi connectivity index (χ4n) is 3.47. The maximum Gasteiger partial charge on any atom is 0.326 e. The van der Waals surface area contributed by atoms with Crippen LogP contribution in [0.2, 0.25) is 0 Å². The van der Waals surface area contributed by atoms with Gasteiger partial charge in [0.1, 0.15) is 18.1 Å². The van der Waals surface area contributed by atoms with Crippen LogP contribution < -0.4 is 16.4 Å². The number of likely N-dealkylation sites (tertiary alicyclic amines) is 1. The number of nitrogens with two attached hydrogens (primary N) is 1. The van der Waals surface area contributed by atoms with Gasteiger partial charge in [-0.15, -0.1) is 0 Å². The van der Waals surface area contributed by atoms with Crippen LogP contribution in [0, 0.1) is 11.8 Å². The van der Waals surface area contributed by atoms with Gasteiger partial charge >= 0.3 is 11.9 Å². The Balaban J connectivity index is 2.94. The van der Waals surface area contributed by atoms with Gasteiger partial charge in [0, 0.05) is 6.54 Å². The molecule has 11 nitrogen and oxygen atoms in total. The van der Waals surface area contributed by atoms with Gasteiger partial charge in [-0.2, -0.15) is 0 Å². The highest BCUT2D eigenvalue weighted by Crippen LogP contribution is 2.21. The first kappa shape index (κ1) is 26.3. The minimum absolute atomic E-state index is 0.287. The molecule has 0 aromatic carbocycles. The number of aliphatic carboxylic acids is 2. The highest BCUT2D eigenvalue weighted by molar-refractivity contribution is 5.95. The fourth-order valence-corrected chi connectivity index (χ4v) is 3.47. The molecule has 0 bridgehead atoms. The molecule has 1 rings (SSSR count). The van der Waals surface area contributed by atoms with Crippen molar-refractivity contribution in [2.24, 2.45) is 17.6 Å². The molecule has 0 aliphatic carbocycles. The molecule has 1 heterocycles. The minimum Gasteiger partial charge on any atom is -0.481 e. The first-order valence-electron chi connectivity index (χ1n) is 10.5. The Hall–Kier alpha value is -2.69. The van der Waals surface area contributed by atoms with Crippen LogP contribution in [-0.2, 0) is 24.0 Å². The molecule has 0 spiro atoms. The fraction of sp³-hybridized carbons (Fsp3) is 0.750. The quantitative estimate of drug-likeness (QED) is 0.285. The minimum atomic E-state index is -1.31. The summed E-state index contributed by atoms with van der Waals surface area (Å²) in [4.78, 5) is 61.8. The van der Waals surface area contributed by atoms with Gasteiger partial charge in [-0.05, 0) is 24.7 Å². The number of nitrogens with one attached hydrogen (secondary N) is 2. The Labute approximate surface area is 181 Å². The van der Waals surface area contributed by atoms with E-state index in [1.54, 1.807) is 20.8 Å². The van der Waals surface area contributed by atoms with Crippen LogP contribution in [-0.4, -0.2) is 75.5 Å². The maximum absolute atomic E-state index is 13.1. The van der Waals surface area contributed by atoms with Gasteiger partial charge in [-0.25, -0.2) is 4.79 Å². The van der Waals surface area contributed by atoms with Gasteiger partial charge < -0.3 is 31.5 Å². The predicted octanol–water partition coefficient (Wildman–Crippen LogP) is -0.464. The standard InChI is InChI=1S/C20H34N4O7/c1-5-11(4)16(20(30)31)23-18(28)13-7-6-8-24(13)19(29)15(10(2)3)22-17(27)12(21)9-14(25)26/h10-13,15-16H,5-9,21H2,1-4H3,(H,22,27)(H,23,28)(H,25,26)(H,30,31). The zero-order valence-electron chi connectivity index (χ0n) is 18.5. The third-order valence-electron chi connectivity index (χ3n) is 5.58. The summed E-state index contributed by atoms with van der Waals surface area (Å²) in [6.45, 7) is 7.25. The van der Waals surface area contributed by atoms with Crippen molar-refractivity contribution in [1.82, 2.24) is 15.5 Å². The van der Waals surface area contributed by atoms with E-state index in [1.165, 1.54) is 4.90 Å². The van der Waals surface area contributed by atoms with Crippen LogP contribution in [0.5, 0.6) is 0 Å². The van der Waals surface area contributed by atoms with Crippen molar-refractivity contribution < 1.29 is 34.2 Å². The van der Waals surface area contributed by atoms with Gasteiger partial charge in [0.2, 0.25) is 17.7 Å². The topological polar surface area (TPSA) is 179 Å². The van der Waals surface area contributed by atoms with Gasteiger partial charge in [0.05, 0.1) is 12.5 Å². The summed E-state index contributed by atoms with van der Waals surface area (Å²) < 4.78 is 0. The zero-order valence-corrected chi connectivity index (χ0v) is 18.5. The van der Waals surface area contributed by atoms with E-state index in [1.807, 2.05) is 6.92 Å². The van der Waals surface area contributed by atoms with Crippen LogP contribution in [0.1, 0.15) is 53.4 Å². The zero-order chi connectivity index (χ0) is 23.9. The number of hydrogen-bond acceptors (Lipinski definition) is 6. The van der Waals surface area contributed by atoms with E-state index in [2.05, 4.69) is 10.6 Å². The number of amides is 3. The highest BCUT2D eigenvalue weighted by atomic mass is 16.4. The molecule has 0 radical (unpaired) electrons. The molecule has 1 fully saturated rings. The first-order valence-corrected chi connectivity index (χ1v) is 10.5. The van der Waals surface area contributed by atoms with E-state index in [9.17, 15) is 29.1 Å². The van der Waals surface area contributed by atoms with Crippen LogP contribution in [0.3, 0.4) is 0 Å². The lowest BCUT2D eigenvalue weighted by atomic mass is 9.98. The molecule has 5 atom stereocenters. The monoisotopic (exact) mass is 442 g/mol. The Morgan fingerprint density at radius 1 is 1.06 bits per heavy atom. The van der Waals surface area contributed by atoms with E-state index >= 15 is 0 Å². The number of nitrogens with zero attached hydrogens (tertiary/aromatic N) is 1. The summed E-state index contributed by atoms with van der Waals surface area (Å²) >= 11 is 0. The number of carboxylic acid groups (broad SMARTS) is 2. The second kappa shape index (κ2) is 11.6. The Morgan fingerprint density at radius 2 is 1.68 bits per heavy atom. The molecule has 6 N–H and O–H groups in total. The molecule has 3 amide bonds. The lowest BCUT2D eigenvalue weighted by molar-refractivity contribution is -0.146. The molecule has 1 aliphatic rings. The normalized spacial score (nSPS) is 19.9. The summed E-state index contributed by atoms with van der Waals surface area (Å²) in [5.74, 6) is -4.81. The van der Waals surface area contributed by atoms with Crippen molar-refractivity contribution in [1.29, 1.82) is 0 Å². The molecule has 31 heavy (non-hydrogen) atoms. The molecule has 0 aromatic heterocycles. The summed E-state index contributed by atoms with van der Waals surface area (Å²) in [5, 5.41) is 23.3. The predicted molar refractivity (Wildman–Crippen MR) is 111 cm³/mol. The molecule has 1 aliphatic heterocycles. The molecule has 0 saturated carbocycles. The second-order valence-electron chi connectivity index (χ2n) is 8.33. The van der Waals surface area contributed by atoms with Crippen LogP contribution in [0.15, 0.2) is 0 Å². The van der Waals surface area contributed by atoms with Crippen LogP contribution >= 0.6 is 0 Å². The van der Waals surface area contributed by atoms with Crippen LogP contribution in [0.25, 0.3) is 0 Å². The Kier molecular flexibility index (Phi) is 9.89. The van der Waals surface area contributed by atoms with Gasteiger partial charge in [0.25, 0.3) is 0 Å². The molecular formula is C20H34N4O7. The van der Waals surface area contributed by atoms with Crippen molar-refractivity contribution in [2.45, 2.75) is 77.5 Å². The van der Waals surface area contributed by atoms with E-state index < -0.39 is 60.2 Å². The van der Waals surface area contributed by atoms with Crippen molar-refractivity contribution >= 4 is 29.7 Å². The van der Waals surface area contributed by atoms with E-state index in [0.717, 1.165) is 0 Å². The average molecular weight is 443 g/mol. The lowest BCUT2D eigenvalue weighted by Gasteiger charge is -2.32. The van der Waals surface area contributed by atoms with E-state index in [4.69, 9.17) is 10.8 Å². The molecule has 176 valence electrons. The van der Waals surface area contributed by atoms with E-state index in [-0.39, 0.29) is 18.4 Å². The summed E-state index contributed by atoms with van der Waals surface area (Å²) in [6.07, 6.45) is 0.915. The highest BCUT2D eigenvalue weighted by Gasteiger charge is 2.40. The Bertz CT molecular complexity index is 697. The SMILES string of the molecule is CCC(C)C(NC(=O)C1CCCN1C(=O)C(NC(=O)C(N)CC(=O)O)C(C)C)C(=O)O. The summed E-state index contributed by atoms with van der Waals surface area (Å²) in [6, 6.07) is -4.21. The third-order valence-corrected chi connectivity index (χ3v) is 5.58. The smallest absolute Gasteiger partial charge is 0.326 e. The van der Waals surface area contributed by atoms with E-state index in [0.29, 0.717) is 19.3 Å². The molecular weight excluding hydrogens is 408 g/mol. The van der Waals surface area contributed by atoms with Crippen molar-refractivity contribution in [3.63, 3.8) is 0 Å². The molecule has 11 heteroatoms.